The van der Waals surface area contributed by atoms with Gasteiger partial charge in [0.05, 0.1) is 6.10 Å². The van der Waals surface area contributed by atoms with E-state index in [4.69, 9.17) is 4.74 Å². The van der Waals surface area contributed by atoms with Crippen molar-refractivity contribution in [2.24, 2.45) is 5.41 Å². The SMILES string of the molecule is CO[C@H]1C[C@H](N2CCCC3(CCNC3)C2)C1. The average Bonchev–Trinajstić information content (AvgIpc) is 2.65. The average molecular weight is 224 g/mol. The van der Waals surface area contributed by atoms with Crippen molar-refractivity contribution in [1.82, 2.24) is 10.2 Å². The molecule has 1 saturated carbocycles. The molecule has 2 saturated heterocycles. The number of hydrogen-bond acceptors (Lipinski definition) is 3. The van der Waals surface area contributed by atoms with Gasteiger partial charge in [0.1, 0.15) is 0 Å². The van der Waals surface area contributed by atoms with Crippen LogP contribution in [0.15, 0.2) is 0 Å². The van der Waals surface area contributed by atoms with Crippen LogP contribution in [0.4, 0.5) is 0 Å². The molecule has 3 rings (SSSR count). The Morgan fingerprint density at radius 3 is 2.88 bits per heavy atom. The summed E-state index contributed by atoms with van der Waals surface area (Å²) in [5.74, 6) is 0. The molecule has 1 aliphatic carbocycles. The van der Waals surface area contributed by atoms with E-state index >= 15 is 0 Å². The molecule has 3 fully saturated rings. The highest BCUT2D eigenvalue weighted by atomic mass is 16.5. The van der Waals surface area contributed by atoms with Gasteiger partial charge in [0, 0.05) is 26.2 Å². The number of nitrogens with one attached hydrogen (secondary N) is 1. The lowest BCUT2D eigenvalue weighted by Gasteiger charge is -2.48. The van der Waals surface area contributed by atoms with E-state index in [2.05, 4.69) is 10.2 Å². The molecule has 3 heteroatoms. The molecule has 0 bridgehead atoms. The van der Waals surface area contributed by atoms with Crippen LogP contribution in [0.2, 0.25) is 0 Å². The van der Waals surface area contributed by atoms with Crippen LogP contribution in [0.25, 0.3) is 0 Å². The van der Waals surface area contributed by atoms with Gasteiger partial charge in [0.15, 0.2) is 0 Å². The monoisotopic (exact) mass is 224 g/mol. The first-order valence-electron chi connectivity index (χ1n) is 6.79. The summed E-state index contributed by atoms with van der Waals surface area (Å²) >= 11 is 0. The number of ether oxygens (including phenoxy) is 1. The Labute approximate surface area is 98.5 Å². The number of methoxy groups -OCH3 is 1. The fourth-order valence-electron chi connectivity index (χ4n) is 3.73. The normalized spacial score (nSPS) is 44.8. The molecular weight excluding hydrogens is 200 g/mol. The fourth-order valence-corrected chi connectivity index (χ4v) is 3.73. The minimum Gasteiger partial charge on any atom is -0.381 e. The first kappa shape index (κ1) is 11.0. The molecule has 1 N–H and O–H groups in total. The molecular formula is C13H24N2O. The highest BCUT2D eigenvalue weighted by molar-refractivity contribution is 4.97. The van der Waals surface area contributed by atoms with E-state index < -0.39 is 0 Å². The zero-order valence-electron chi connectivity index (χ0n) is 10.4. The standard InChI is InChI=1S/C13H24N2O/c1-16-12-7-11(8-12)15-6-2-3-13(10-15)4-5-14-9-13/h11-12,14H,2-10H2,1H3/t11-,12-,13?. The van der Waals surface area contributed by atoms with E-state index in [9.17, 15) is 0 Å². The molecule has 16 heavy (non-hydrogen) atoms. The molecule has 0 aromatic carbocycles. The minimum atomic E-state index is 0.546. The third kappa shape index (κ3) is 1.89. The van der Waals surface area contributed by atoms with Crippen molar-refractivity contribution in [2.75, 3.05) is 33.3 Å². The third-order valence-corrected chi connectivity index (χ3v) is 4.94. The molecule has 0 amide bonds. The lowest BCUT2D eigenvalue weighted by Crippen LogP contribution is -2.54. The van der Waals surface area contributed by atoms with Crippen molar-refractivity contribution < 1.29 is 4.74 Å². The maximum Gasteiger partial charge on any atom is 0.0601 e. The van der Waals surface area contributed by atoms with Gasteiger partial charge in [0.2, 0.25) is 0 Å². The summed E-state index contributed by atoms with van der Waals surface area (Å²) in [5, 5.41) is 3.55. The molecule has 3 nitrogen and oxygen atoms in total. The summed E-state index contributed by atoms with van der Waals surface area (Å²) in [6.45, 7) is 5.15. The van der Waals surface area contributed by atoms with Crippen LogP contribution < -0.4 is 5.32 Å². The van der Waals surface area contributed by atoms with Crippen molar-refractivity contribution in [3.8, 4) is 0 Å². The van der Waals surface area contributed by atoms with Gasteiger partial charge < -0.3 is 10.1 Å². The Bertz CT molecular complexity index is 244. The maximum atomic E-state index is 5.39. The Morgan fingerprint density at radius 1 is 1.31 bits per heavy atom. The lowest BCUT2D eigenvalue weighted by molar-refractivity contribution is -0.0499. The Kier molecular flexibility index (Phi) is 2.94. The second-order valence-electron chi connectivity index (χ2n) is 5.98. The highest BCUT2D eigenvalue weighted by Crippen LogP contribution is 2.39. The highest BCUT2D eigenvalue weighted by Gasteiger charge is 2.42. The van der Waals surface area contributed by atoms with Gasteiger partial charge in [-0.05, 0) is 50.6 Å². The second-order valence-corrected chi connectivity index (χ2v) is 5.98. The van der Waals surface area contributed by atoms with E-state index in [-0.39, 0.29) is 0 Å². The lowest BCUT2D eigenvalue weighted by atomic mass is 9.77. The summed E-state index contributed by atoms with van der Waals surface area (Å²) < 4.78 is 5.39. The van der Waals surface area contributed by atoms with Crippen molar-refractivity contribution in [1.29, 1.82) is 0 Å². The molecule has 1 unspecified atom stereocenters. The Morgan fingerprint density at radius 2 is 2.19 bits per heavy atom. The van der Waals surface area contributed by atoms with Crippen molar-refractivity contribution in [2.45, 2.75) is 44.2 Å². The first-order chi connectivity index (χ1) is 7.81. The fraction of sp³-hybridized carbons (Fsp3) is 1.00. The predicted octanol–water partition coefficient (Wildman–Crippen LogP) is 1.24. The van der Waals surface area contributed by atoms with Crippen molar-refractivity contribution in [3.63, 3.8) is 0 Å². The van der Waals surface area contributed by atoms with E-state index in [1.807, 2.05) is 7.11 Å². The molecule has 92 valence electrons. The predicted molar refractivity (Wildman–Crippen MR) is 64.5 cm³/mol. The van der Waals surface area contributed by atoms with Crippen LogP contribution in [0.5, 0.6) is 0 Å². The topological polar surface area (TPSA) is 24.5 Å². The first-order valence-corrected chi connectivity index (χ1v) is 6.79. The molecule has 0 aromatic rings. The van der Waals surface area contributed by atoms with Gasteiger partial charge in [-0.3, -0.25) is 4.90 Å². The maximum absolute atomic E-state index is 5.39. The van der Waals surface area contributed by atoms with E-state index in [0.29, 0.717) is 11.5 Å². The number of likely N-dealkylation sites (tertiary alicyclic amines) is 1. The van der Waals surface area contributed by atoms with Gasteiger partial charge in [-0.1, -0.05) is 0 Å². The second kappa shape index (κ2) is 4.28. The zero-order chi connectivity index (χ0) is 11.0. The van der Waals surface area contributed by atoms with Gasteiger partial charge >= 0.3 is 0 Å². The number of rotatable bonds is 2. The van der Waals surface area contributed by atoms with Gasteiger partial charge in [-0.25, -0.2) is 0 Å². The minimum absolute atomic E-state index is 0.546. The van der Waals surface area contributed by atoms with E-state index in [1.165, 1.54) is 58.3 Å². The number of hydrogen-bond donors (Lipinski definition) is 1. The number of nitrogens with zero attached hydrogens (tertiary/aromatic N) is 1. The summed E-state index contributed by atoms with van der Waals surface area (Å²) in [6.07, 6.45) is 7.31. The summed E-state index contributed by atoms with van der Waals surface area (Å²) in [7, 11) is 1.85. The molecule has 3 aliphatic rings. The van der Waals surface area contributed by atoms with E-state index in [1.54, 1.807) is 0 Å². The third-order valence-electron chi connectivity index (χ3n) is 4.94. The quantitative estimate of drug-likeness (QED) is 0.764. The molecule has 2 heterocycles. The smallest absolute Gasteiger partial charge is 0.0601 e. The molecule has 1 spiro atoms. The van der Waals surface area contributed by atoms with Crippen LogP contribution in [-0.4, -0.2) is 50.3 Å². The Hall–Kier alpha value is -0.120. The summed E-state index contributed by atoms with van der Waals surface area (Å²) in [5.41, 5.74) is 0.621. The van der Waals surface area contributed by atoms with E-state index in [0.717, 1.165) is 6.04 Å². The van der Waals surface area contributed by atoms with Crippen LogP contribution in [-0.2, 0) is 4.74 Å². The molecule has 1 atom stereocenters. The van der Waals surface area contributed by atoms with Gasteiger partial charge in [-0.2, -0.15) is 0 Å². The Balaban J connectivity index is 1.56. The number of piperidine rings is 1. The zero-order valence-corrected chi connectivity index (χ0v) is 10.4. The van der Waals surface area contributed by atoms with Crippen molar-refractivity contribution in [3.05, 3.63) is 0 Å². The van der Waals surface area contributed by atoms with Crippen LogP contribution >= 0.6 is 0 Å². The summed E-state index contributed by atoms with van der Waals surface area (Å²) in [4.78, 5) is 2.74. The molecule has 2 aliphatic heterocycles. The van der Waals surface area contributed by atoms with Crippen LogP contribution in [0, 0.1) is 5.41 Å². The van der Waals surface area contributed by atoms with Crippen LogP contribution in [0.1, 0.15) is 32.1 Å². The van der Waals surface area contributed by atoms with Crippen molar-refractivity contribution >= 4 is 0 Å². The van der Waals surface area contributed by atoms with Crippen LogP contribution in [0.3, 0.4) is 0 Å². The summed E-state index contributed by atoms with van der Waals surface area (Å²) in [6, 6.07) is 0.822. The molecule has 0 aromatic heterocycles. The van der Waals surface area contributed by atoms with Gasteiger partial charge in [0.25, 0.3) is 0 Å². The molecule has 0 radical (unpaired) electrons. The largest absolute Gasteiger partial charge is 0.381 e. The van der Waals surface area contributed by atoms with Gasteiger partial charge in [-0.15, -0.1) is 0 Å².